The minimum Gasteiger partial charge on any atom is -0.492 e. The number of halogens is 2. The number of nitrogens with one attached hydrogen (secondary N) is 1. The number of ether oxygens (including phenoxy) is 1. The minimum atomic E-state index is -0.417. The molecule has 1 saturated carbocycles. The number of amides is 1. The Morgan fingerprint density at radius 3 is 2.29 bits per heavy atom. The largest absolute Gasteiger partial charge is 0.492 e. The maximum Gasteiger partial charge on any atom is 0.235 e. The SMILES string of the molecule is Cl.NCCOc1ccc(NC(=O)C2(c3ccc(Cl)cc3)CC2)cc1. The van der Waals surface area contributed by atoms with Crippen LogP contribution in [0.2, 0.25) is 5.02 Å². The Hall–Kier alpha value is -1.75. The summed E-state index contributed by atoms with van der Waals surface area (Å²) in [6, 6.07) is 14.8. The second-order valence-electron chi connectivity index (χ2n) is 5.70. The molecule has 0 unspecified atom stereocenters. The molecule has 0 heterocycles. The van der Waals surface area contributed by atoms with Crippen molar-refractivity contribution >= 4 is 35.6 Å². The molecule has 3 rings (SSSR count). The van der Waals surface area contributed by atoms with Gasteiger partial charge in [0.2, 0.25) is 5.91 Å². The third kappa shape index (κ3) is 4.01. The van der Waals surface area contributed by atoms with Gasteiger partial charge in [0.15, 0.2) is 0 Å². The summed E-state index contributed by atoms with van der Waals surface area (Å²) in [5, 5.41) is 3.67. The molecule has 0 bridgehead atoms. The van der Waals surface area contributed by atoms with Crippen LogP contribution in [0.15, 0.2) is 48.5 Å². The Morgan fingerprint density at radius 1 is 1.12 bits per heavy atom. The fraction of sp³-hybridized carbons (Fsp3) is 0.278. The molecule has 0 spiro atoms. The Morgan fingerprint density at radius 2 is 1.75 bits per heavy atom. The molecule has 0 radical (unpaired) electrons. The van der Waals surface area contributed by atoms with Gasteiger partial charge in [0.25, 0.3) is 0 Å². The first-order chi connectivity index (χ1) is 11.1. The van der Waals surface area contributed by atoms with Gasteiger partial charge in [-0.05, 0) is 54.8 Å². The summed E-state index contributed by atoms with van der Waals surface area (Å²) >= 11 is 5.92. The summed E-state index contributed by atoms with van der Waals surface area (Å²) < 4.78 is 5.43. The molecular weight excluding hydrogens is 347 g/mol. The fourth-order valence-electron chi connectivity index (χ4n) is 2.60. The van der Waals surface area contributed by atoms with Crippen LogP contribution >= 0.6 is 24.0 Å². The van der Waals surface area contributed by atoms with Crippen molar-refractivity contribution in [3.63, 3.8) is 0 Å². The minimum absolute atomic E-state index is 0. The number of hydrogen-bond acceptors (Lipinski definition) is 3. The standard InChI is InChI=1S/C18H19ClN2O2.ClH/c19-14-3-1-13(2-4-14)18(9-10-18)17(22)21-15-5-7-16(8-6-15)23-12-11-20;/h1-8H,9-12,20H2,(H,21,22);1H. The molecular formula is C18H20Cl2N2O2. The topological polar surface area (TPSA) is 64.3 Å². The Labute approximate surface area is 152 Å². The van der Waals surface area contributed by atoms with Crippen molar-refractivity contribution in [1.29, 1.82) is 0 Å². The van der Waals surface area contributed by atoms with E-state index in [2.05, 4.69) is 5.32 Å². The molecule has 0 aromatic heterocycles. The van der Waals surface area contributed by atoms with Gasteiger partial charge in [-0.1, -0.05) is 23.7 Å². The van der Waals surface area contributed by atoms with Crippen molar-refractivity contribution < 1.29 is 9.53 Å². The van der Waals surface area contributed by atoms with Crippen LogP contribution in [0.5, 0.6) is 5.75 Å². The molecule has 1 amide bonds. The van der Waals surface area contributed by atoms with E-state index >= 15 is 0 Å². The Balaban J connectivity index is 0.00000208. The van der Waals surface area contributed by atoms with Crippen LogP contribution in [0.4, 0.5) is 5.69 Å². The first kappa shape index (κ1) is 18.6. The normalized spacial score (nSPS) is 14.4. The predicted octanol–water partition coefficient (Wildman–Crippen LogP) is 3.77. The van der Waals surface area contributed by atoms with E-state index in [4.69, 9.17) is 22.1 Å². The lowest BCUT2D eigenvalue weighted by molar-refractivity contribution is -0.118. The van der Waals surface area contributed by atoms with Crippen LogP contribution in [0.3, 0.4) is 0 Å². The molecule has 1 aliphatic carbocycles. The molecule has 6 heteroatoms. The zero-order valence-corrected chi connectivity index (χ0v) is 14.7. The van der Waals surface area contributed by atoms with Gasteiger partial charge in [-0.3, -0.25) is 4.79 Å². The zero-order chi connectivity index (χ0) is 16.3. The Bertz CT molecular complexity index is 683. The van der Waals surface area contributed by atoms with E-state index in [1.807, 2.05) is 48.5 Å². The van der Waals surface area contributed by atoms with Crippen LogP contribution in [0.25, 0.3) is 0 Å². The highest BCUT2D eigenvalue weighted by molar-refractivity contribution is 6.30. The molecule has 0 saturated heterocycles. The smallest absolute Gasteiger partial charge is 0.235 e. The van der Waals surface area contributed by atoms with E-state index in [1.165, 1.54) is 0 Å². The van der Waals surface area contributed by atoms with Crippen LogP contribution in [-0.2, 0) is 10.2 Å². The molecule has 0 atom stereocenters. The lowest BCUT2D eigenvalue weighted by atomic mass is 9.95. The van der Waals surface area contributed by atoms with Crippen molar-refractivity contribution in [3.05, 3.63) is 59.1 Å². The zero-order valence-electron chi connectivity index (χ0n) is 13.1. The highest BCUT2D eigenvalue weighted by Crippen LogP contribution is 2.49. The molecule has 2 aromatic carbocycles. The quantitative estimate of drug-likeness (QED) is 0.817. The van der Waals surface area contributed by atoms with Gasteiger partial charge in [0, 0.05) is 17.3 Å². The van der Waals surface area contributed by atoms with Crippen molar-refractivity contribution in [3.8, 4) is 5.75 Å². The summed E-state index contributed by atoms with van der Waals surface area (Å²) in [5.74, 6) is 0.766. The average molecular weight is 367 g/mol. The first-order valence-corrected chi connectivity index (χ1v) is 8.02. The molecule has 1 aliphatic rings. The highest BCUT2D eigenvalue weighted by atomic mass is 35.5. The van der Waals surface area contributed by atoms with E-state index < -0.39 is 5.41 Å². The van der Waals surface area contributed by atoms with Crippen LogP contribution in [-0.4, -0.2) is 19.1 Å². The summed E-state index contributed by atoms with van der Waals surface area (Å²) in [4.78, 5) is 12.6. The maximum absolute atomic E-state index is 12.6. The number of benzene rings is 2. The van der Waals surface area contributed by atoms with E-state index in [9.17, 15) is 4.79 Å². The second-order valence-corrected chi connectivity index (χ2v) is 6.14. The number of hydrogen-bond donors (Lipinski definition) is 2. The van der Waals surface area contributed by atoms with Crippen LogP contribution < -0.4 is 15.8 Å². The van der Waals surface area contributed by atoms with Crippen LogP contribution in [0, 0.1) is 0 Å². The van der Waals surface area contributed by atoms with Gasteiger partial charge in [0.05, 0.1) is 5.41 Å². The maximum atomic E-state index is 12.6. The summed E-state index contributed by atoms with van der Waals surface area (Å²) in [5.41, 5.74) is 6.76. The van der Waals surface area contributed by atoms with Gasteiger partial charge >= 0.3 is 0 Å². The van der Waals surface area contributed by atoms with Gasteiger partial charge in [-0.15, -0.1) is 12.4 Å². The number of carbonyl (C=O) groups excluding carboxylic acids is 1. The van der Waals surface area contributed by atoms with Gasteiger partial charge < -0.3 is 15.8 Å². The average Bonchev–Trinajstić information content (AvgIpc) is 3.37. The lowest BCUT2D eigenvalue weighted by Gasteiger charge is -2.16. The molecule has 0 aliphatic heterocycles. The Kier molecular flexibility index (Phi) is 6.10. The van der Waals surface area contributed by atoms with E-state index in [1.54, 1.807) is 0 Å². The van der Waals surface area contributed by atoms with Crippen LogP contribution in [0.1, 0.15) is 18.4 Å². The predicted molar refractivity (Wildman–Crippen MR) is 99.2 cm³/mol. The molecule has 24 heavy (non-hydrogen) atoms. The van der Waals surface area contributed by atoms with E-state index in [-0.39, 0.29) is 18.3 Å². The summed E-state index contributed by atoms with van der Waals surface area (Å²) in [6.07, 6.45) is 1.72. The third-order valence-electron chi connectivity index (χ3n) is 4.08. The highest BCUT2D eigenvalue weighted by Gasteiger charge is 2.51. The monoisotopic (exact) mass is 366 g/mol. The molecule has 3 N–H and O–H groups in total. The summed E-state index contributed by atoms with van der Waals surface area (Å²) in [7, 11) is 0. The van der Waals surface area contributed by atoms with Crippen molar-refractivity contribution in [1.82, 2.24) is 0 Å². The van der Waals surface area contributed by atoms with E-state index in [0.29, 0.717) is 18.2 Å². The fourth-order valence-corrected chi connectivity index (χ4v) is 2.73. The lowest BCUT2D eigenvalue weighted by Crippen LogP contribution is -2.27. The molecule has 2 aromatic rings. The van der Waals surface area contributed by atoms with Gasteiger partial charge in [-0.2, -0.15) is 0 Å². The molecule has 128 valence electrons. The van der Waals surface area contributed by atoms with Gasteiger partial charge in [-0.25, -0.2) is 0 Å². The van der Waals surface area contributed by atoms with Gasteiger partial charge in [0.1, 0.15) is 12.4 Å². The van der Waals surface area contributed by atoms with Crippen molar-refractivity contribution in [2.24, 2.45) is 5.73 Å². The molecule has 4 nitrogen and oxygen atoms in total. The number of nitrogens with two attached hydrogens (primary N) is 1. The first-order valence-electron chi connectivity index (χ1n) is 7.64. The van der Waals surface area contributed by atoms with Crippen molar-refractivity contribution in [2.75, 3.05) is 18.5 Å². The third-order valence-corrected chi connectivity index (χ3v) is 4.33. The van der Waals surface area contributed by atoms with E-state index in [0.717, 1.165) is 29.8 Å². The summed E-state index contributed by atoms with van der Waals surface area (Å²) in [6.45, 7) is 0.952. The number of rotatable bonds is 6. The molecule has 1 fully saturated rings. The second kappa shape index (κ2) is 7.88. The van der Waals surface area contributed by atoms with Crippen molar-refractivity contribution in [2.45, 2.75) is 18.3 Å². The number of anilines is 1. The number of carbonyl (C=O) groups is 1.